The number of carbonyl (C=O) groups is 2. The minimum Gasteiger partial charge on any atom is -0.449 e. The van der Waals surface area contributed by atoms with Gasteiger partial charge in [-0.2, -0.15) is 0 Å². The van der Waals surface area contributed by atoms with Crippen molar-refractivity contribution in [3.8, 4) is 11.4 Å². The lowest BCUT2D eigenvalue weighted by Gasteiger charge is -2.16. The van der Waals surface area contributed by atoms with Crippen LogP contribution < -0.4 is 5.32 Å². The minimum atomic E-state index is -0.867. The Bertz CT molecular complexity index is 1030. The Balaban J connectivity index is 1.67. The molecule has 30 heavy (non-hydrogen) atoms. The monoisotopic (exact) mass is 405 g/mol. The molecule has 0 radical (unpaired) electrons. The van der Waals surface area contributed by atoms with Crippen LogP contribution in [0.5, 0.6) is 0 Å². The average molecular weight is 405 g/mol. The number of anilines is 1. The van der Waals surface area contributed by atoms with Gasteiger partial charge in [0.15, 0.2) is 6.10 Å². The van der Waals surface area contributed by atoms with Crippen molar-refractivity contribution in [2.24, 2.45) is 0 Å². The zero-order chi connectivity index (χ0) is 21.8. The highest BCUT2D eigenvalue weighted by Crippen LogP contribution is 2.20. The van der Waals surface area contributed by atoms with Crippen molar-refractivity contribution < 1.29 is 14.3 Å². The molecule has 1 aromatic heterocycles. The first-order valence-corrected chi connectivity index (χ1v) is 10.0. The molecule has 0 saturated carbocycles. The van der Waals surface area contributed by atoms with Gasteiger partial charge in [-0.3, -0.25) is 4.79 Å². The largest absolute Gasteiger partial charge is 0.449 e. The van der Waals surface area contributed by atoms with Gasteiger partial charge in [0.05, 0.1) is 11.3 Å². The maximum absolute atomic E-state index is 12.6. The van der Waals surface area contributed by atoms with Crippen molar-refractivity contribution in [3.05, 3.63) is 70.5 Å². The molecule has 6 nitrogen and oxygen atoms in total. The lowest BCUT2D eigenvalue weighted by molar-refractivity contribution is -0.124. The summed E-state index contributed by atoms with van der Waals surface area (Å²) in [6, 6.07) is 12.8. The fourth-order valence-electron chi connectivity index (χ4n) is 3.24. The fourth-order valence-corrected chi connectivity index (χ4v) is 3.24. The Labute approximate surface area is 176 Å². The number of carbonyl (C=O) groups excluding carboxylic acids is 2. The lowest BCUT2D eigenvalue weighted by Crippen LogP contribution is -2.32. The molecular formula is C24H27N3O3. The van der Waals surface area contributed by atoms with E-state index in [4.69, 9.17) is 4.74 Å². The Morgan fingerprint density at radius 3 is 2.20 bits per heavy atom. The molecule has 156 valence electrons. The second-order valence-electron chi connectivity index (χ2n) is 7.54. The van der Waals surface area contributed by atoms with Crippen LogP contribution in [0.3, 0.4) is 0 Å². The van der Waals surface area contributed by atoms with Gasteiger partial charge in [0.25, 0.3) is 5.91 Å². The molecule has 2 N–H and O–H groups in total. The molecule has 0 aliphatic carbocycles. The molecule has 1 unspecified atom stereocenters. The summed E-state index contributed by atoms with van der Waals surface area (Å²) in [6.45, 7) is 9.65. The van der Waals surface area contributed by atoms with Crippen molar-refractivity contribution in [3.63, 3.8) is 0 Å². The summed E-state index contributed by atoms with van der Waals surface area (Å²) in [5.41, 5.74) is 6.01. The van der Waals surface area contributed by atoms with Gasteiger partial charge in [0, 0.05) is 16.9 Å². The van der Waals surface area contributed by atoms with E-state index in [1.165, 1.54) is 0 Å². The van der Waals surface area contributed by atoms with Crippen molar-refractivity contribution in [2.45, 2.75) is 47.1 Å². The SMILES string of the molecule is CCC(OC(=O)c1ccc(-c2nc(C)c(C)[nH]2)cc1)C(=O)Nc1cc(C)cc(C)c1. The fraction of sp³-hybridized carbons (Fsp3) is 0.292. The normalized spacial score (nSPS) is 11.8. The first-order valence-electron chi connectivity index (χ1n) is 10.0. The summed E-state index contributed by atoms with van der Waals surface area (Å²) in [6.07, 6.45) is -0.487. The highest BCUT2D eigenvalue weighted by molar-refractivity contribution is 5.97. The van der Waals surface area contributed by atoms with Crippen LogP contribution in [0.15, 0.2) is 42.5 Å². The van der Waals surface area contributed by atoms with Gasteiger partial charge in [-0.15, -0.1) is 0 Å². The molecule has 2 aromatic carbocycles. The molecule has 3 rings (SSSR count). The summed E-state index contributed by atoms with van der Waals surface area (Å²) >= 11 is 0. The van der Waals surface area contributed by atoms with Crippen molar-refractivity contribution in [1.29, 1.82) is 0 Å². The van der Waals surface area contributed by atoms with E-state index in [-0.39, 0.29) is 5.91 Å². The van der Waals surface area contributed by atoms with Gasteiger partial charge in [-0.05, 0) is 69.5 Å². The number of esters is 1. The Morgan fingerprint density at radius 1 is 1.03 bits per heavy atom. The number of rotatable bonds is 6. The van der Waals surface area contributed by atoms with Crippen molar-refractivity contribution in [2.75, 3.05) is 5.32 Å². The van der Waals surface area contributed by atoms with Crippen LogP contribution in [0.25, 0.3) is 11.4 Å². The number of aromatic amines is 1. The molecule has 0 spiro atoms. The molecular weight excluding hydrogens is 378 g/mol. The lowest BCUT2D eigenvalue weighted by atomic mass is 10.1. The first-order chi connectivity index (χ1) is 14.3. The topological polar surface area (TPSA) is 84.1 Å². The number of amides is 1. The molecule has 1 heterocycles. The molecule has 0 saturated heterocycles. The number of hydrogen-bond acceptors (Lipinski definition) is 4. The van der Waals surface area contributed by atoms with Gasteiger partial charge in [-0.1, -0.05) is 25.1 Å². The molecule has 3 aromatic rings. The Morgan fingerprint density at radius 2 is 1.67 bits per heavy atom. The molecule has 0 bridgehead atoms. The Kier molecular flexibility index (Phi) is 6.35. The van der Waals surface area contributed by atoms with E-state index in [1.54, 1.807) is 12.1 Å². The first kappa shape index (κ1) is 21.3. The Hall–Kier alpha value is -3.41. The number of ether oxygens (including phenoxy) is 1. The third-order valence-electron chi connectivity index (χ3n) is 4.92. The number of hydrogen-bond donors (Lipinski definition) is 2. The zero-order valence-corrected chi connectivity index (χ0v) is 18.0. The number of imidazole rings is 1. The van der Waals surface area contributed by atoms with Crippen LogP contribution in [-0.2, 0) is 9.53 Å². The smallest absolute Gasteiger partial charge is 0.338 e. The van der Waals surface area contributed by atoms with Crippen molar-refractivity contribution in [1.82, 2.24) is 9.97 Å². The van der Waals surface area contributed by atoms with Gasteiger partial charge in [0.1, 0.15) is 5.82 Å². The molecule has 1 amide bonds. The van der Waals surface area contributed by atoms with Crippen LogP contribution in [0.2, 0.25) is 0 Å². The average Bonchev–Trinajstić information content (AvgIpc) is 3.03. The molecule has 0 aliphatic rings. The van der Waals surface area contributed by atoms with E-state index >= 15 is 0 Å². The second-order valence-corrected chi connectivity index (χ2v) is 7.54. The molecule has 6 heteroatoms. The predicted molar refractivity (Wildman–Crippen MR) is 118 cm³/mol. The van der Waals surface area contributed by atoms with Crippen LogP contribution in [0, 0.1) is 27.7 Å². The number of aryl methyl sites for hydroxylation is 4. The summed E-state index contributed by atoms with van der Waals surface area (Å²) in [5.74, 6) is -0.117. The minimum absolute atomic E-state index is 0.339. The third kappa shape index (κ3) is 4.95. The number of aromatic nitrogens is 2. The maximum atomic E-state index is 12.6. The van der Waals surface area contributed by atoms with Gasteiger partial charge < -0.3 is 15.0 Å². The highest BCUT2D eigenvalue weighted by atomic mass is 16.5. The number of benzene rings is 2. The van der Waals surface area contributed by atoms with E-state index < -0.39 is 12.1 Å². The van der Waals surface area contributed by atoms with Gasteiger partial charge >= 0.3 is 5.97 Å². The zero-order valence-electron chi connectivity index (χ0n) is 18.0. The van der Waals surface area contributed by atoms with E-state index in [1.807, 2.05) is 65.0 Å². The standard InChI is InChI=1S/C24H27N3O3/c1-6-21(23(28)27-20-12-14(2)11-15(3)13-20)30-24(29)19-9-7-18(8-10-19)22-25-16(4)17(5)26-22/h7-13,21H,6H2,1-5H3,(H,25,26)(H,27,28). The number of H-pyrrole nitrogens is 1. The van der Waals surface area contributed by atoms with E-state index in [2.05, 4.69) is 15.3 Å². The predicted octanol–water partition coefficient (Wildman–Crippen LogP) is 4.88. The van der Waals surface area contributed by atoms with Gasteiger partial charge in [0.2, 0.25) is 0 Å². The molecule has 0 fully saturated rings. The second kappa shape index (κ2) is 8.95. The van der Waals surface area contributed by atoms with Crippen LogP contribution in [0.1, 0.15) is 46.2 Å². The third-order valence-corrected chi connectivity index (χ3v) is 4.92. The molecule has 0 aliphatic heterocycles. The van der Waals surface area contributed by atoms with Crippen LogP contribution >= 0.6 is 0 Å². The van der Waals surface area contributed by atoms with E-state index in [0.717, 1.165) is 33.9 Å². The van der Waals surface area contributed by atoms with Crippen LogP contribution in [-0.4, -0.2) is 27.9 Å². The summed E-state index contributed by atoms with van der Waals surface area (Å²) in [7, 11) is 0. The van der Waals surface area contributed by atoms with E-state index in [9.17, 15) is 9.59 Å². The van der Waals surface area contributed by atoms with Crippen LogP contribution in [0.4, 0.5) is 5.69 Å². The van der Waals surface area contributed by atoms with Gasteiger partial charge in [-0.25, -0.2) is 9.78 Å². The number of nitrogens with one attached hydrogen (secondary N) is 2. The summed E-state index contributed by atoms with van der Waals surface area (Å²) in [4.78, 5) is 32.8. The molecule has 1 atom stereocenters. The highest BCUT2D eigenvalue weighted by Gasteiger charge is 2.22. The quantitative estimate of drug-likeness (QED) is 0.572. The summed E-state index contributed by atoms with van der Waals surface area (Å²) in [5, 5.41) is 2.84. The summed E-state index contributed by atoms with van der Waals surface area (Å²) < 4.78 is 5.47. The number of nitrogens with zero attached hydrogens (tertiary/aromatic N) is 1. The maximum Gasteiger partial charge on any atom is 0.338 e. The van der Waals surface area contributed by atoms with E-state index in [0.29, 0.717) is 17.7 Å². The van der Waals surface area contributed by atoms with Crippen molar-refractivity contribution >= 4 is 17.6 Å².